The highest BCUT2D eigenvalue weighted by molar-refractivity contribution is 5.72. The monoisotopic (exact) mass is 270 g/mol. The molecule has 2 rings (SSSR count). The quantitative estimate of drug-likeness (QED) is 0.758. The lowest BCUT2D eigenvalue weighted by Gasteiger charge is -2.48. The molecule has 0 spiro atoms. The molecule has 2 aliphatic rings. The Labute approximate surface area is 113 Å². The molecule has 19 heavy (non-hydrogen) atoms. The van der Waals surface area contributed by atoms with E-state index >= 15 is 0 Å². The molecule has 1 amide bonds. The van der Waals surface area contributed by atoms with Crippen molar-refractivity contribution in [2.45, 2.75) is 38.8 Å². The summed E-state index contributed by atoms with van der Waals surface area (Å²) in [5.74, 6) is -0.265. The summed E-state index contributed by atoms with van der Waals surface area (Å²) in [6, 6.07) is 0.120. The van der Waals surface area contributed by atoms with Crippen LogP contribution in [0.25, 0.3) is 0 Å². The Morgan fingerprint density at radius 1 is 1.42 bits per heavy atom. The Kier molecular flexibility index (Phi) is 3.24. The van der Waals surface area contributed by atoms with Crippen molar-refractivity contribution in [2.75, 3.05) is 26.7 Å². The molecule has 0 saturated carbocycles. The molecule has 0 aromatic carbocycles. The number of likely N-dealkylation sites (tertiary alicyclic amines) is 2. The van der Waals surface area contributed by atoms with Crippen LogP contribution >= 0.6 is 0 Å². The van der Waals surface area contributed by atoms with E-state index in [-0.39, 0.29) is 24.0 Å². The topological polar surface area (TPSA) is 70.1 Å². The predicted molar refractivity (Wildman–Crippen MR) is 68.9 cm³/mol. The maximum Gasteiger partial charge on any atom is 0.407 e. The van der Waals surface area contributed by atoms with Gasteiger partial charge in [0, 0.05) is 19.1 Å². The standard InChI is InChI=1S/C13H22N2O4/c1-12(2,3)13-5-9(6-15(13)11(17)18)14(8-13)7-10(16)19-4/h9H,5-8H2,1-4H3,(H,17,18)/t9-,13+/m1/s1. The molecule has 108 valence electrons. The number of methoxy groups -OCH3 is 1. The summed E-state index contributed by atoms with van der Waals surface area (Å²) in [4.78, 5) is 26.5. The fourth-order valence-corrected chi connectivity index (χ4v) is 3.43. The van der Waals surface area contributed by atoms with Gasteiger partial charge >= 0.3 is 12.1 Å². The number of hydrogen-bond acceptors (Lipinski definition) is 4. The SMILES string of the molecule is COC(=O)CN1C[C@]2(C(C)(C)C)C[C@@H]1CN2C(=O)O. The number of fused-ring (bicyclic) bond motifs is 2. The number of nitrogens with zero attached hydrogens (tertiary/aromatic N) is 2. The third-order valence-corrected chi connectivity index (χ3v) is 4.65. The van der Waals surface area contributed by atoms with E-state index < -0.39 is 11.6 Å². The zero-order valence-electron chi connectivity index (χ0n) is 12.0. The van der Waals surface area contributed by atoms with Crippen LogP contribution in [0.1, 0.15) is 27.2 Å². The van der Waals surface area contributed by atoms with Crippen molar-refractivity contribution < 1.29 is 19.4 Å². The average Bonchev–Trinajstić information content (AvgIpc) is 2.84. The van der Waals surface area contributed by atoms with E-state index in [1.807, 2.05) is 0 Å². The van der Waals surface area contributed by atoms with Gasteiger partial charge in [-0.2, -0.15) is 0 Å². The second-order valence-corrected chi connectivity index (χ2v) is 6.51. The maximum atomic E-state index is 11.4. The molecule has 6 nitrogen and oxygen atoms in total. The predicted octanol–water partition coefficient (Wildman–Crippen LogP) is 1.01. The molecule has 2 heterocycles. The van der Waals surface area contributed by atoms with Crippen LogP contribution in [0.4, 0.5) is 4.79 Å². The second-order valence-electron chi connectivity index (χ2n) is 6.51. The highest BCUT2D eigenvalue weighted by Gasteiger charge is 2.61. The molecule has 2 fully saturated rings. The van der Waals surface area contributed by atoms with Crippen molar-refractivity contribution in [3.05, 3.63) is 0 Å². The van der Waals surface area contributed by atoms with Crippen molar-refractivity contribution >= 4 is 12.1 Å². The largest absolute Gasteiger partial charge is 0.468 e. The molecule has 2 aliphatic heterocycles. The molecule has 1 N–H and O–H groups in total. The van der Waals surface area contributed by atoms with E-state index in [2.05, 4.69) is 25.7 Å². The summed E-state index contributed by atoms with van der Waals surface area (Å²) in [6.45, 7) is 7.51. The van der Waals surface area contributed by atoms with Crippen molar-refractivity contribution in [2.24, 2.45) is 5.41 Å². The Bertz CT molecular complexity index is 404. The van der Waals surface area contributed by atoms with Gasteiger partial charge in [0.15, 0.2) is 0 Å². The number of ether oxygens (including phenoxy) is 1. The van der Waals surface area contributed by atoms with Crippen LogP contribution < -0.4 is 0 Å². The average molecular weight is 270 g/mol. The minimum Gasteiger partial charge on any atom is -0.468 e. The first-order chi connectivity index (χ1) is 8.71. The number of piperazine rings is 1. The van der Waals surface area contributed by atoms with E-state index in [1.54, 1.807) is 4.90 Å². The zero-order chi connectivity index (χ0) is 14.4. The van der Waals surface area contributed by atoms with Crippen LogP contribution in [-0.2, 0) is 9.53 Å². The first-order valence-corrected chi connectivity index (χ1v) is 6.53. The fourth-order valence-electron chi connectivity index (χ4n) is 3.43. The lowest BCUT2D eigenvalue weighted by atomic mass is 9.73. The van der Waals surface area contributed by atoms with Crippen molar-refractivity contribution in [1.82, 2.24) is 9.80 Å². The first kappa shape index (κ1) is 14.1. The Morgan fingerprint density at radius 3 is 2.53 bits per heavy atom. The maximum absolute atomic E-state index is 11.4. The van der Waals surface area contributed by atoms with Gasteiger partial charge in [-0.3, -0.25) is 14.6 Å². The number of hydrogen-bond donors (Lipinski definition) is 1. The fraction of sp³-hybridized carbons (Fsp3) is 0.846. The summed E-state index contributed by atoms with van der Waals surface area (Å²) in [6.07, 6.45) is -0.0741. The van der Waals surface area contributed by atoms with Crippen LogP contribution in [0.2, 0.25) is 0 Å². The van der Waals surface area contributed by atoms with E-state index in [4.69, 9.17) is 4.74 Å². The second kappa shape index (κ2) is 4.37. The number of carboxylic acid groups (broad SMARTS) is 1. The Morgan fingerprint density at radius 2 is 2.05 bits per heavy atom. The third kappa shape index (κ3) is 2.08. The molecule has 0 aromatic heterocycles. The number of carbonyl (C=O) groups is 2. The van der Waals surface area contributed by atoms with Gasteiger partial charge < -0.3 is 9.84 Å². The van der Waals surface area contributed by atoms with E-state index in [0.29, 0.717) is 13.1 Å². The lowest BCUT2D eigenvalue weighted by Crippen LogP contribution is -2.62. The molecule has 0 aliphatic carbocycles. The summed E-state index contributed by atoms with van der Waals surface area (Å²) in [5, 5.41) is 9.39. The van der Waals surface area contributed by atoms with E-state index in [9.17, 15) is 14.7 Å². The molecule has 0 unspecified atom stereocenters. The summed E-state index contributed by atoms with van der Waals surface area (Å²) >= 11 is 0. The molecule has 0 aromatic rings. The van der Waals surface area contributed by atoms with E-state index in [1.165, 1.54) is 7.11 Å². The van der Waals surface area contributed by atoms with Crippen molar-refractivity contribution in [3.63, 3.8) is 0 Å². The van der Waals surface area contributed by atoms with Gasteiger partial charge in [-0.15, -0.1) is 0 Å². The molecule has 6 heteroatoms. The molecular formula is C13H22N2O4. The molecule has 2 atom stereocenters. The van der Waals surface area contributed by atoms with Gasteiger partial charge in [-0.1, -0.05) is 20.8 Å². The Hall–Kier alpha value is -1.30. The highest BCUT2D eigenvalue weighted by Crippen LogP contribution is 2.50. The minimum absolute atomic E-state index is 0.120. The normalized spacial score (nSPS) is 30.7. The van der Waals surface area contributed by atoms with Crippen LogP contribution in [0.3, 0.4) is 0 Å². The van der Waals surface area contributed by atoms with Gasteiger partial charge in [0.2, 0.25) is 0 Å². The molecule has 0 radical (unpaired) electrons. The minimum atomic E-state index is -0.866. The van der Waals surface area contributed by atoms with E-state index in [0.717, 1.165) is 6.42 Å². The highest BCUT2D eigenvalue weighted by atomic mass is 16.5. The van der Waals surface area contributed by atoms with Crippen LogP contribution in [0.15, 0.2) is 0 Å². The summed E-state index contributed by atoms with van der Waals surface area (Å²) < 4.78 is 4.70. The lowest BCUT2D eigenvalue weighted by molar-refractivity contribution is -0.142. The first-order valence-electron chi connectivity index (χ1n) is 6.53. The number of carbonyl (C=O) groups excluding carboxylic acids is 1. The van der Waals surface area contributed by atoms with Gasteiger partial charge in [0.25, 0.3) is 0 Å². The van der Waals surface area contributed by atoms with Crippen LogP contribution in [0.5, 0.6) is 0 Å². The van der Waals surface area contributed by atoms with Crippen molar-refractivity contribution in [3.8, 4) is 0 Å². The van der Waals surface area contributed by atoms with Crippen LogP contribution in [-0.4, -0.2) is 65.3 Å². The number of esters is 1. The molecular weight excluding hydrogens is 248 g/mol. The molecule has 2 saturated heterocycles. The van der Waals surface area contributed by atoms with Gasteiger partial charge in [-0.05, 0) is 11.8 Å². The Balaban J connectivity index is 2.23. The zero-order valence-corrected chi connectivity index (χ0v) is 12.0. The number of amides is 1. The van der Waals surface area contributed by atoms with Gasteiger partial charge in [0.05, 0.1) is 19.2 Å². The summed E-state index contributed by atoms with van der Waals surface area (Å²) in [5.41, 5.74) is -0.567. The smallest absolute Gasteiger partial charge is 0.407 e. The van der Waals surface area contributed by atoms with Crippen LogP contribution in [0, 0.1) is 5.41 Å². The molecule has 2 bridgehead atoms. The van der Waals surface area contributed by atoms with Gasteiger partial charge in [-0.25, -0.2) is 4.79 Å². The van der Waals surface area contributed by atoms with Gasteiger partial charge in [0.1, 0.15) is 0 Å². The third-order valence-electron chi connectivity index (χ3n) is 4.65. The number of rotatable bonds is 2. The summed E-state index contributed by atoms with van der Waals surface area (Å²) in [7, 11) is 1.37. The van der Waals surface area contributed by atoms with Crippen molar-refractivity contribution in [1.29, 1.82) is 0 Å².